The molecule has 0 aromatic carbocycles. The molecule has 0 radical (unpaired) electrons. The van der Waals surface area contributed by atoms with Crippen molar-refractivity contribution in [2.45, 2.75) is 71.4 Å². The van der Waals surface area contributed by atoms with Crippen molar-refractivity contribution >= 4 is 35.9 Å². The molecule has 2 aliphatic rings. The fourth-order valence-corrected chi connectivity index (χ4v) is 3.87. The predicted octanol–water partition coefficient (Wildman–Crippen LogP) is 2.78. The van der Waals surface area contributed by atoms with Crippen LogP contribution in [-0.2, 0) is 14.3 Å². The van der Waals surface area contributed by atoms with Gasteiger partial charge in [-0.15, -0.1) is 24.0 Å². The molecule has 1 unspecified atom stereocenters. The first-order chi connectivity index (χ1) is 13.6. The van der Waals surface area contributed by atoms with Gasteiger partial charge in [-0.1, -0.05) is 13.8 Å². The maximum atomic E-state index is 11.9. The molecule has 2 fully saturated rings. The van der Waals surface area contributed by atoms with Crippen LogP contribution < -0.4 is 10.6 Å². The van der Waals surface area contributed by atoms with Crippen molar-refractivity contribution in [3.63, 3.8) is 0 Å². The third-order valence-electron chi connectivity index (χ3n) is 5.52. The zero-order chi connectivity index (χ0) is 20.2. The van der Waals surface area contributed by atoms with Gasteiger partial charge in [0, 0.05) is 38.6 Å². The zero-order valence-electron chi connectivity index (χ0n) is 18.5. The summed E-state index contributed by atoms with van der Waals surface area (Å²) in [6.45, 7) is 12.4. The SMILES string of the molecule is CCNC(=NCC(C(C)C)N1CCOCC1)NCCCC(=O)OC1CCCC1.I. The molecule has 2 rings (SSSR count). The van der Waals surface area contributed by atoms with E-state index < -0.39 is 0 Å². The average molecular weight is 524 g/mol. The fourth-order valence-electron chi connectivity index (χ4n) is 3.87. The molecule has 0 amide bonds. The van der Waals surface area contributed by atoms with E-state index in [1.54, 1.807) is 0 Å². The standard InChI is InChI=1S/C21H40N4O3.HI/c1-4-22-21(23-11-7-10-20(26)28-18-8-5-6-9-18)24-16-19(17(2)3)25-12-14-27-15-13-25;/h17-19H,4-16H2,1-3H3,(H2,22,23,24);1H. The Balaban J connectivity index is 0.00000420. The molecular weight excluding hydrogens is 483 g/mol. The van der Waals surface area contributed by atoms with E-state index in [4.69, 9.17) is 14.5 Å². The number of carbonyl (C=O) groups excluding carboxylic acids is 1. The van der Waals surface area contributed by atoms with Gasteiger partial charge < -0.3 is 20.1 Å². The number of nitrogens with one attached hydrogen (secondary N) is 2. The van der Waals surface area contributed by atoms with E-state index in [1.165, 1.54) is 12.8 Å². The van der Waals surface area contributed by atoms with E-state index in [2.05, 4.69) is 36.3 Å². The molecule has 1 saturated carbocycles. The Morgan fingerprint density at radius 2 is 1.90 bits per heavy atom. The Morgan fingerprint density at radius 3 is 2.52 bits per heavy atom. The van der Waals surface area contributed by atoms with Gasteiger partial charge in [0.05, 0.1) is 19.8 Å². The third-order valence-corrected chi connectivity index (χ3v) is 5.52. The van der Waals surface area contributed by atoms with Crippen LogP contribution in [0.25, 0.3) is 0 Å². The number of hydrogen-bond donors (Lipinski definition) is 2. The van der Waals surface area contributed by atoms with Gasteiger partial charge in [-0.3, -0.25) is 14.7 Å². The molecular formula is C21H41IN4O3. The molecule has 8 heteroatoms. The second-order valence-electron chi connectivity index (χ2n) is 8.11. The molecule has 1 atom stereocenters. The van der Waals surface area contributed by atoms with E-state index in [0.29, 0.717) is 18.4 Å². The molecule has 1 saturated heterocycles. The molecule has 0 bridgehead atoms. The number of aliphatic imine (C=N–C) groups is 1. The Bertz CT molecular complexity index is 479. The summed E-state index contributed by atoms with van der Waals surface area (Å²) in [7, 11) is 0. The summed E-state index contributed by atoms with van der Waals surface area (Å²) < 4.78 is 11.0. The molecule has 7 nitrogen and oxygen atoms in total. The topological polar surface area (TPSA) is 75.2 Å². The minimum atomic E-state index is -0.0668. The minimum absolute atomic E-state index is 0. The van der Waals surface area contributed by atoms with Gasteiger partial charge in [0.25, 0.3) is 0 Å². The molecule has 2 N–H and O–H groups in total. The van der Waals surface area contributed by atoms with Crippen LogP contribution in [0.3, 0.4) is 0 Å². The van der Waals surface area contributed by atoms with Gasteiger partial charge in [-0.05, 0) is 44.9 Å². The quantitative estimate of drug-likeness (QED) is 0.151. The molecule has 0 aromatic rings. The molecule has 1 aliphatic carbocycles. The highest BCUT2D eigenvalue weighted by molar-refractivity contribution is 14.0. The number of guanidine groups is 1. The summed E-state index contributed by atoms with van der Waals surface area (Å²) in [6, 6.07) is 0.417. The van der Waals surface area contributed by atoms with E-state index in [9.17, 15) is 4.79 Å². The van der Waals surface area contributed by atoms with Gasteiger partial charge in [0.15, 0.2) is 5.96 Å². The number of carbonyl (C=O) groups is 1. The van der Waals surface area contributed by atoms with Crippen LogP contribution in [0, 0.1) is 5.92 Å². The number of morpholine rings is 1. The average Bonchev–Trinajstić information content (AvgIpc) is 3.18. The molecule has 0 aromatic heterocycles. The van der Waals surface area contributed by atoms with Crippen LogP contribution >= 0.6 is 24.0 Å². The Morgan fingerprint density at radius 1 is 1.21 bits per heavy atom. The van der Waals surface area contributed by atoms with Crippen molar-refractivity contribution in [3.8, 4) is 0 Å². The van der Waals surface area contributed by atoms with Crippen molar-refractivity contribution in [1.29, 1.82) is 0 Å². The summed E-state index contributed by atoms with van der Waals surface area (Å²) in [4.78, 5) is 19.2. The molecule has 1 heterocycles. The van der Waals surface area contributed by atoms with Crippen LogP contribution in [0.2, 0.25) is 0 Å². The number of hydrogen-bond acceptors (Lipinski definition) is 5. The molecule has 29 heavy (non-hydrogen) atoms. The smallest absolute Gasteiger partial charge is 0.306 e. The second-order valence-corrected chi connectivity index (χ2v) is 8.11. The van der Waals surface area contributed by atoms with Gasteiger partial charge in [0.2, 0.25) is 0 Å². The predicted molar refractivity (Wildman–Crippen MR) is 128 cm³/mol. The minimum Gasteiger partial charge on any atom is -0.462 e. The van der Waals surface area contributed by atoms with Crippen molar-refractivity contribution < 1.29 is 14.3 Å². The first kappa shape index (κ1) is 26.4. The normalized spacial score (nSPS) is 19.7. The summed E-state index contributed by atoms with van der Waals surface area (Å²) in [5.74, 6) is 1.29. The lowest BCUT2D eigenvalue weighted by Gasteiger charge is -2.36. The lowest BCUT2D eigenvalue weighted by Crippen LogP contribution is -2.48. The molecule has 170 valence electrons. The zero-order valence-corrected chi connectivity index (χ0v) is 20.8. The largest absolute Gasteiger partial charge is 0.462 e. The van der Waals surface area contributed by atoms with E-state index in [1.807, 2.05) is 0 Å². The molecule has 1 aliphatic heterocycles. The monoisotopic (exact) mass is 524 g/mol. The lowest BCUT2D eigenvalue weighted by atomic mass is 10.0. The van der Waals surface area contributed by atoms with E-state index >= 15 is 0 Å². The first-order valence-electron chi connectivity index (χ1n) is 11.1. The van der Waals surface area contributed by atoms with Crippen molar-refractivity contribution in [2.24, 2.45) is 10.9 Å². The van der Waals surface area contributed by atoms with Crippen LogP contribution in [0.4, 0.5) is 0 Å². The van der Waals surface area contributed by atoms with E-state index in [0.717, 1.165) is 71.2 Å². The Hall–Kier alpha value is -0.610. The van der Waals surface area contributed by atoms with Crippen molar-refractivity contribution in [2.75, 3.05) is 45.9 Å². The first-order valence-corrected chi connectivity index (χ1v) is 11.1. The third kappa shape index (κ3) is 10.3. The number of ether oxygens (including phenoxy) is 2. The van der Waals surface area contributed by atoms with Gasteiger partial charge in [-0.2, -0.15) is 0 Å². The van der Waals surface area contributed by atoms with Gasteiger partial charge in [0.1, 0.15) is 6.10 Å². The second kappa shape index (κ2) is 15.2. The van der Waals surface area contributed by atoms with Crippen LogP contribution in [0.15, 0.2) is 4.99 Å². The number of halogens is 1. The maximum absolute atomic E-state index is 11.9. The van der Waals surface area contributed by atoms with Gasteiger partial charge >= 0.3 is 5.97 Å². The Labute approximate surface area is 193 Å². The van der Waals surface area contributed by atoms with Crippen LogP contribution in [0.1, 0.15) is 59.3 Å². The maximum Gasteiger partial charge on any atom is 0.306 e. The summed E-state index contributed by atoms with van der Waals surface area (Å²) in [5.41, 5.74) is 0. The fraction of sp³-hybridized carbons (Fsp3) is 0.905. The lowest BCUT2D eigenvalue weighted by molar-refractivity contribution is -0.148. The summed E-state index contributed by atoms with van der Waals surface area (Å²) in [6.07, 6.45) is 5.81. The van der Waals surface area contributed by atoms with Gasteiger partial charge in [-0.25, -0.2) is 0 Å². The van der Waals surface area contributed by atoms with Crippen LogP contribution in [-0.4, -0.2) is 74.9 Å². The molecule has 0 spiro atoms. The van der Waals surface area contributed by atoms with E-state index in [-0.39, 0.29) is 36.0 Å². The van der Waals surface area contributed by atoms with Crippen LogP contribution in [0.5, 0.6) is 0 Å². The van der Waals surface area contributed by atoms with Crippen molar-refractivity contribution in [1.82, 2.24) is 15.5 Å². The highest BCUT2D eigenvalue weighted by Crippen LogP contribution is 2.21. The summed E-state index contributed by atoms with van der Waals surface area (Å²) in [5, 5.41) is 6.66. The van der Waals surface area contributed by atoms with Crippen molar-refractivity contribution in [3.05, 3.63) is 0 Å². The number of rotatable bonds is 10. The Kier molecular flexibility index (Phi) is 13.9. The highest BCUT2D eigenvalue weighted by atomic mass is 127. The number of nitrogens with zero attached hydrogens (tertiary/aromatic N) is 2. The highest BCUT2D eigenvalue weighted by Gasteiger charge is 2.23. The number of esters is 1. The summed E-state index contributed by atoms with van der Waals surface area (Å²) >= 11 is 0.